The first kappa shape index (κ1) is 14.5. The van der Waals surface area contributed by atoms with Gasteiger partial charge in [0, 0.05) is 5.92 Å². The molecule has 2 unspecified atom stereocenters. The standard InChI is InChI=1S/C18H22FNO/c19-16-6-4-14(5-7-16)15-12-18(9-2-1-3-10-18)17(8-11-20)21-13-15/h4-7,15,17H,1-3,8-10,12-13H2. The van der Waals surface area contributed by atoms with Crippen LogP contribution in [0.1, 0.15) is 56.4 Å². The molecule has 2 fully saturated rings. The Labute approximate surface area is 125 Å². The molecule has 1 heterocycles. The SMILES string of the molecule is N#CCC1OCC(c2ccc(F)cc2)CC12CCCCC2. The maximum Gasteiger partial charge on any atom is 0.123 e. The number of ether oxygens (including phenoxy) is 1. The van der Waals surface area contributed by atoms with E-state index in [0.29, 0.717) is 18.9 Å². The zero-order chi connectivity index (χ0) is 14.7. The summed E-state index contributed by atoms with van der Waals surface area (Å²) < 4.78 is 19.2. The van der Waals surface area contributed by atoms with Crippen LogP contribution in [0.15, 0.2) is 24.3 Å². The van der Waals surface area contributed by atoms with Crippen molar-refractivity contribution in [3.8, 4) is 6.07 Å². The molecule has 2 atom stereocenters. The summed E-state index contributed by atoms with van der Waals surface area (Å²) in [4.78, 5) is 0. The van der Waals surface area contributed by atoms with Crippen molar-refractivity contribution >= 4 is 0 Å². The monoisotopic (exact) mass is 287 g/mol. The van der Waals surface area contributed by atoms with Crippen LogP contribution in [-0.4, -0.2) is 12.7 Å². The first-order chi connectivity index (χ1) is 10.2. The van der Waals surface area contributed by atoms with Crippen molar-refractivity contribution in [2.75, 3.05) is 6.61 Å². The Hall–Kier alpha value is -1.40. The highest BCUT2D eigenvalue weighted by molar-refractivity contribution is 5.22. The topological polar surface area (TPSA) is 33.0 Å². The largest absolute Gasteiger partial charge is 0.376 e. The highest BCUT2D eigenvalue weighted by atomic mass is 19.1. The van der Waals surface area contributed by atoms with Gasteiger partial charge in [0.25, 0.3) is 0 Å². The van der Waals surface area contributed by atoms with Gasteiger partial charge in [-0.1, -0.05) is 31.4 Å². The Morgan fingerprint density at radius 3 is 2.57 bits per heavy atom. The Morgan fingerprint density at radius 1 is 1.19 bits per heavy atom. The van der Waals surface area contributed by atoms with Gasteiger partial charge >= 0.3 is 0 Å². The van der Waals surface area contributed by atoms with Crippen LogP contribution in [0.25, 0.3) is 0 Å². The number of rotatable bonds is 2. The highest BCUT2D eigenvalue weighted by Gasteiger charge is 2.45. The highest BCUT2D eigenvalue weighted by Crippen LogP contribution is 2.51. The lowest BCUT2D eigenvalue weighted by molar-refractivity contribution is -0.108. The van der Waals surface area contributed by atoms with E-state index in [1.807, 2.05) is 12.1 Å². The lowest BCUT2D eigenvalue weighted by Crippen LogP contribution is -2.45. The molecule has 2 aliphatic rings. The van der Waals surface area contributed by atoms with Crippen molar-refractivity contribution in [2.45, 2.75) is 57.0 Å². The van der Waals surface area contributed by atoms with Gasteiger partial charge < -0.3 is 4.74 Å². The van der Waals surface area contributed by atoms with Gasteiger partial charge in [-0.25, -0.2) is 4.39 Å². The first-order valence-corrected chi connectivity index (χ1v) is 7.97. The van der Waals surface area contributed by atoms with E-state index < -0.39 is 0 Å². The van der Waals surface area contributed by atoms with Gasteiger partial charge in [0.2, 0.25) is 0 Å². The molecule has 3 rings (SSSR count). The van der Waals surface area contributed by atoms with Gasteiger partial charge in [0.1, 0.15) is 5.82 Å². The van der Waals surface area contributed by atoms with E-state index in [1.165, 1.54) is 31.4 Å². The average Bonchev–Trinajstić information content (AvgIpc) is 2.51. The van der Waals surface area contributed by atoms with Crippen molar-refractivity contribution < 1.29 is 9.13 Å². The summed E-state index contributed by atoms with van der Waals surface area (Å²) in [5.74, 6) is 0.142. The molecule has 1 spiro atoms. The number of nitrogens with zero attached hydrogens (tertiary/aromatic N) is 1. The van der Waals surface area contributed by atoms with E-state index in [4.69, 9.17) is 10.00 Å². The van der Waals surface area contributed by atoms with Crippen LogP contribution in [0.2, 0.25) is 0 Å². The third kappa shape index (κ3) is 2.96. The van der Waals surface area contributed by atoms with Gasteiger partial charge in [-0.15, -0.1) is 0 Å². The molecule has 1 aromatic carbocycles. The second-order valence-corrected chi connectivity index (χ2v) is 6.56. The van der Waals surface area contributed by atoms with Crippen LogP contribution in [0, 0.1) is 22.6 Å². The third-order valence-electron chi connectivity index (χ3n) is 5.30. The minimum absolute atomic E-state index is 0.0829. The van der Waals surface area contributed by atoms with Crippen molar-refractivity contribution in [2.24, 2.45) is 5.41 Å². The number of hydrogen-bond donors (Lipinski definition) is 0. The molecule has 0 radical (unpaired) electrons. The van der Waals surface area contributed by atoms with Crippen molar-refractivity contribution in [3.05, 3.63) is 35.6 Å². The predicted octanol–water partition coefficient (Wildman–Crippen LogP) is 4.56. The minimum atomic E-state index is -0.190. The van der Waals surface area contributed by atoms with Crippen LogP contribution in [0.4, 0.5) is 4.39 Å². The third-order valence-corrected chi connectivity index (χ3v) is 5.30. The number of benzene rings is 1. The molecule has 1 aromatic rings. The van der Waals surface area contributed by atoms with Crippen LogP contribution in [-0.2, 0) is 4.74 Å². The van der Waals surface area contributed by atoms with Crippen LogP contribution in [0.3, 0.4) is 0 Å². The fourth-order valence-electron chi connectivity index (χ4n) is 4.18. The number of halogens is 1. The van der Waals surface area contributed by atoms with Crippen LogP contribution in [0.5, 0.6) is 0 Å². The van der Waals surface area contributed by atoms with Gasteiger partial charge in [0.15, 0.2) is 0 Å². The molecule has 0 aromatic heterocycles. The number of hydrogen-bond acceptors (Lipinski definition) is 2. The Morgan fingerprint density at radius 2 is 1.90 bits per heavy atom. The molecule has 1 saturated heterocycles. The van der Waals surface area contributed by atoms with Crippen molar-refractivity contribution in [1.82, 2.24) is 0 Å². The summed E-state index contributed by atoms with van der Waals surface area (Å²) in [6.45, 7) is 0.653. The first-order valence-electron chi connectivity index (χ1n) is 7.97. The van der Waals surface area contributed by atoms with E-state index in [0.717, 1.165) is 24.8 Å². The zero-order valence-corrected chi connectivity index (χ0v) is 12.4. The van der Waals surface area contributed by atoms with E-state index in [1.54, 1.807) is 0 Å². The summed E-state index contributed by atoms with van der Waals surface area (Å²) in [6, 6.07) is 9.12. The molecular weight excluding hydrogens is 265 g/mol. The molecule has 1 aliphatic heterocycles. The lowest BCUT2D eigenvalue weighted by atomic mass is 9.63. The van der Waals surface area contributed by atoms with Crippen LogP contribution >= 0.6 is 0 Å². The van der Waals surface area contributed by atoms with E-state index in [9.17, 15) is 4.39 Å². The predicted molar refractivity (Wildman–Crippen MR) is 79.2 cm³/mol. The van der Waals surface area contributed by atoms with E-state index in [-0.39, 0.29) is 17.3 Å². The average molecular weight is 287 g/mol. The van der Waals surface area contributed by atoms with Crippen molar-refractivity contribution in [1.29, 1.82) is 5.26 Å². The molecule has 1 aliphatic carbocycles. The van der Waals surface area contributed by atoms with Gasteiger partial charge in [-0.05, 0) is 42.4 Å². The van der Waals surface area contributed by atoms with Gasteiger partial charge in [-0.3, -0.25) is 0 Å². The molecule has 2 nitrogen and oxygen atoms in total. The molecule has 0 bridgehead atoms. The second kappa shape index (κ2) is 6.15. The molecule has 112 valence electrons. The Bertz CT molecular complexity index is 513. The summed E-state index contributed by atoms with van der Waals surface area (Å²) in [5.41, 5.74) is 1.32. The van der Waals surface area contributed by atoms with E-state index in [2.05, 4.69) is 6.07 Å². The maximum absolute atomic E-state index is 13.1. The molecular formula is C18H22FNO. The summed E-state index contributed by atoms with van der Waals surface area (Å²) in [7, 11) is 0. The van der Waals surface area contributed by atoms with Crippen LogP contribution < -0.4 is 0 Å². The lowest BCUT2D eigenvalue weighted by Gasteiger charge is -2.48. The Kier molecular flexibility index (Phi) is 4.26. The van der Waals surface area contributed by atoms with E-state index >= 15 is 0 Å². The summed E-state index contributed by atoms with van der Waals surface area (Å²) >= 11 is 0. The molecule has 21 heavy (non-hydrogen) atoms. The van der Waals surface area contributed by atoms with Crippen molar-refractivity contribution in [3.63, 3.8) is 0 Å². The zero-order valence-electron chi connectivity index (χ0n) is 12.4. The summed E-state index contributed by atoms with van der Waals surface area (Å²) in [6.07, 6.45) is 7.75. The fourth-order valence-corrected chi connectivity index (χ4v) is 4.18. The summed E-state index contributed by atoms with van der Waals surface area (Å²) in [5, 5.41) is 9.07. The smallest absolute Gasteiger partial charge is 0.123 e. The van der Waals surface area contributed by atoms with Gasteiger partial charge in [0.05, 0.1) is 25.2 Å². The maximum atomic E-state index is 13.1. The quantitative estimate of drug-likeness (QED) is 0.798. The van der Waals surface area contributed by atoms with Gasteiger partial charge in [-0.2, -0.15) is 5.26 Å². The number of nitriles is 1. The Balaban J connectivity index is 1.81. The minimum Gasteiger partial charge on any atom is -0.376 e. The molecule has 0 N–H and O–H groups in total. The second-order valence-electron chi connectivity index (χ2n) is 6.56. The fraction of sp³-hybridized carbons (Fsp3) is 0.611. The normalized spacial score (nSPS) is 28.2. The molecule has 0 amide bonds. The molecule has 1 saturated carbocycles. The molecule has 3 heteroatoms.